The lowest BCUT2D eigenvalue weighted by Gasteiger charge is -2.34. The molecule has 1 atom stereocenters. The SMILES string of the molecule is CCOC(=O)OC1=C(c2c(C)cc(C)cc2C)C(=O)NC12CCCOC2. The highest BCUT2D eigenvalue weighted by Gasteiger charge is 2.50. The second-order valence-electron chi connectivity index (χ2n) is 6.96. The molecule has 140 valence electrons. The fraction of sp³-hybridized carbons (Fsp3) is 0.500. The number of nitrogens with one attached hydrogen (secondary N) is 1. The summed E-state index contributed by atoms with van der Waals surface area (Å²) >= 11 is 0. The Morgan fingerprint density at radius 1 is 1.27 bits per heavy atom. The Kier molecular flexibility index (Phi) is 5.05. The number of hydrogen-bond donors (Lipinski definition) is 1. The van der Waals surface area contributed by atoms with Crippen LogP contribution in [0.2, 0.25) is 0 Å². The molecule has 0 aromatic heterocycles. The molecule has 0 radical (unpaired) electrons. The van der Waals surface area contributed by atoms with E-state index < -0.39 is 11.7 Å². The largest absolute Gasteiger partial charge is 0.513 e. The summed E-state index contributed by atoms with van der Waals surface area (Å²) in [6, 6.07) is 4.04. The summed E-state index contributed by atoms with van der Waals surface area (Å²) in [6.07, 6.45) is 0.625. The average molecular weight is 359 g/mol. The third-order valence-corrected chi connectivity index (χ3v) is 4.86. The first kappa shape index (κ1) is 18.5. The van der Waals surface area contributed by atoms with Crippen LogP contribution in [0.25, 0.3) is 5.57 Å². The Morgan fingerprint density at radius 3 is 2.54 bits per heavy atom. The van der Waals surface area contributed by atoms with Gasteiger partial charge in [-0.3, -0.25) is 4.79 Å². The number of carbonyl (C=O) groups excluding carboxylic acids is 2. The van der Waals surface area contributed by atoms with Gasteiger partial charge in [0.2, 0.25) is 0 Å². The summed E-state index contributed by atoms with van der Waals surface area (Å²) in [6.45, 7) is 8.75. The van der Waals surface area contributed by atoms with E-state index in [1.54, 1.807) is 6.92 Å². The molecule has 1 fully saturated rings. The number of rotatable bonds is 3. The predicted octanol–water partition coefficient (Wildman–Crippen LogP) is 3.18. The molecule has 2 heterocycles. The summed E-state index contributed by atoms with van der Waals surface area (Å²) in [4.78, 5) is 25.0. The van der Waals surface area contributed by atoms with Crippen LogP contribution in [0, 0.1) is 20.8 Å². The van der Waals surface area contributed by atoms with Crippen LogP contribution in [0.3, 0.4) is 0 Å². The van der Waals surface area contributed by atoms with Crippen molar-refractivity contribution in [2.45, 2.75) is 46.1 Å². The molecule has 1 amide bonds. The van der Waals surface area contributed by atoms with Gasteiger partial charge >= 0.3 is 6.16 Å². The van der Waals surface area contributed by atoms with E-state index in [2.05, 4.69) is 5.32 Å². The van der Waals surface area contributed by atoms with Crippen molar-refractivity contribution in [2.75, 3.05) is 19.8 Å². The van der Waals surface area contributed by atoms with Crippen LogP contribution in [0.5, 0.6) is 0 Å². The van der Waals surface area contributed by atoms with Crippen molar-refractivity contribution in [3.63, 3.8) is 0 Å². The fourth-order valence-electron chi connectivity index (χ4n) is 3.93. The van der Waals surface area contributed by atoms with E-state index in [9.17, 15) is 9.59 Å². The minimum absolute atomic E-state index is 0.203. The Morgan fingerprint density at radius 2 is 1.96 bits per heavy atom. The molecule has 26 heavy (non-hydrogen) atoms. The summed E-state index contributed by atoms with van der Waals surface area (Å²) in [7, 11) is 0. The zero-order chi connectivity index (χ0) is 18.9. The van der Waals surface area contributed by atoms with Gasteiger partial charge in [0.1, 0.15) is 5.54 Å². The molecule has 2 aliphatic rings. The van der Waals surface area contributed by atoms with Gasteiger partial charge in [-0.05, 0) is 57.2 Å². The molecule has 1 unspecified atom stereocenters. The highest BCUT2D eigenvalue weighted by atomic mass is 16.7. The number of carbonyl (C=O) groups is 2. The average Bonchev–Trinajstić information content (AvgIpc) is 2.80. The van der Waals surface area contributed by atoms with Gasteiger partial charge in [-0.2, -0.15) is 0 Å². The second kappa shape index (κ2) is 7.11. The van der Waals surface area contributed by atoms with Crippen LogP contribution >= 0.6 is 0 Å². The summed E-state index contributed by atoms with van der Waals surface area (Å²) in [5.41, 5.74) is 3.43. The maximum atomic E-state index is 12.9. The number of aryl methyl sites for hydroxylation is 3. The van der Waals surface area contributed by atoms with Gasteiger partial charge in [0.15, 0.2) is 5.76 Å². The summed E-state index contributed by atoms with van der Waals surface area (Å²) in [5.74, 6) is 0.0700. The van der Waals surface area contributed by atoms with Crippen molar-refractivity contribution in [1.29, 1.82) is 0 Å². The molecule has 3 rings (SSSR count). The first-order valence-electron chi connectivity index (χ1n) is 8.96. The molecule has 1 aromatic carbocycles. The molecule has 6 nitrogen and oxygen atoms in total. The molecule has 0 aliphatic carbocycles. The van der Waals surface area contributed by atoms with Crippen LogP contribution < -0.4 is 5.32 Å². The van der Waals surface area contributed by atoms with Gasteiger partial charge in [-0.1, -0.05) is 17.7 Å². The van der Waals surface area contributed by atoms with Crippen LogP contribution in [0.1, 0.15) is 42.0 Å². The van der Waals surface area contributed by atoms with Crippen molar-refractivity contribution < 1.29 is 23.8 Å². The van der Waals surface area contributed by atoms with Gasteiger partial charge < -0.3 is 19.5 Å². The van der Waals surface area contributed by atoms with E-state index in [1.165, 1.54) is 0 Å². The zero-order valence-electron chi connectivity index (χ0n) is 15.7. The lowest BCUT2D eigenvalue weighted by Crippen LogP contribution is -2.51. The number of hydrogen-bond acceptors (Lipinski definition) is 5. The van der Waals surface area contributed by atoms with E-state index >= 15 is 0 Å². The molecule has 6 heteroatoms. The van der Waals surface area contributed by atoms with Crippen molar-refractivity contribution >= 4 is 17.6 Å². The number of ether oxygens (including phenoxy) is 3. The molecule has 0 saturated carbocycles. The first-order valence-corrected chi connectivity index (χ1v) is 8.96. The molecule has 1 spiro atoms. The van der Waals surface area contributed by atoms with E-state index in [0.717, 1.165) is 28.7 Å². The van der Waals surface area contributed by atoms with Crippen LogP contribution in [-0.2, 0) is 19.0 Å². The molecule has 1 saturated heterocycles. The van der Waals surface area contributed by atoms with Crippen LogP contribution in [-0.4, -0.2) is 37.4 Å². The Balaban J connectivity index is 2.17. The van der Waals surface area contributed by atoms with E-state index in [0.29, 0.717) is 24.4 Å². The Labute approximate surface area is 153 Å². The molecular formula is C20H25NO5. The monoisotopic (exact) mass is 359 g/mol. The zero-order valence-corrected chi connectivity index (χ0v) is 15.7. The predicted molar refractivity (Wildman–Crippen MR) is 96.6 cm³/mol. The highest BCUT2D eigenvalue weighted by molar-refractivity contribution is 6.24. The molecule has 1 aromatic rings. The first-order chi connectivity index (χ1) is 12.4. The number of amides is 1. The van der Waals surface area contributed by atoms with Crippen molar-refractivity contribution in [1.82, 2.24) is 5.32 Å². The summed E-state index contributed by atoms with van der Waals surface area (Å²) < 4.78 is 16.1. The molecular weight excluding hydrogens is 334 g/mol. The van der Waals surface area contributed by atoms with Gasteiger partial charge in [-0.25, -0.2) is 4.79 Å². The van der Waals surface area contributed by atoms with Crippen molar-refractivity contribution in [2.24, 2.45) is 0 Å². The van der Waals surface area contributed by atoms with Crippen molar-refractivity contribution in [3.05, 3.63) is 40.1 Å². The highest BCUT2D eigenvalue weighted by Crippen LogP contribution is 2.41. The summed E-state index contributed by atoms with van der Waals surface area (Å²) in [5, 5.41) is 3.01. The topological polar surface area (TPSA) is 73.9 Å². The maximum Gasteiger partial charge on any atom is 0.513 e. The van der Waals surface area contributed by atoms with Gasteiger partial charge in [0, 0.05) is 6.61 Å². The fourth-order valence-corrected chi connectivity index (χ4v) is 3.93. The van der Waals surface area contributed by atoms with Crippen molar-refractivity contribution in [3.8, 4) is 0 Å². The van der Waals surface area contributed by atoms with Crippen LogP contribution in [0.4, 0.5) is 4.79 Å². The second-order valence-corrected chi connectivity index (χ2v) is 6.96. The third-order valence-electron chi connectivity index (χ3n) is 4.86. The normalized spacial score (nSPS) is 22.5. The van der Waals surface area contributed by atoms with E-state index in [1.807, 2.05) is 32.9 Å². The minimum atomic E-state index is -0.818. The van der Waals surface area contributed by atoms with Gasteiger partial charge in [-0.15, -0.1) is 0 Å². The van der Waals surface area contributed by atoms with Gasteiger partial charge in [0.05, 0.1) is 18.8 Å². The molecule has 2 aliphatic heterocycles. The molecule has 1 N–H and O–H groups in total. The maximum absolute atomic E-state index is 12.9. The lowest BCUT2D eigenvalue weighted by molar-refractivity contribution is -0.117. The quantitative estimate of drug-likeness (QED) is 0.839. The molecule has 0 bridgehead atoms. The smallest absolute Gasteiger partial charge is 0.434 e. The third kappa shape index (κ3) is 3.21. The van der Waals surface area contributed by atoms with Crippen LogP contribution in [0.15, 0.2) is 17.9 Å². The lowest BCUT2D eigenvalue weighted by atomic mass is 9.87. The standard InChI is InChI=1S/C20H25NO5/c1-5-25-19(23)26-17-16(15-13(3)9-12(2)10-14(15)4)18(22)21-20(17)7-6-8-24-11-20/h9-10H,5-8,11H2,1-4H3,(H,21,22). The van der Waals surface area contributed by atoms with E-state index in [4.69, 9.17) is 14.2 Å². The number of benzene rings is 1. The van der Waals surface area contributed by atoms with Gasteiger partial charge in [0.25, 0.3) is 5.91 Å². The van der Waals surface area contributed by atoms with E-state index in [-0.39, 0.29) is 19.1 Å². The minimum Gasteiger partial charge on any atom is -0.434 e. The Hall–Kier alpha value is -2.34. The Bertz CT molecular complexity index is 751.